The minimum absolute atomic E-state index is 0.180. The molecule has 6 nitrogen and oxygen atoms in total. The van der Waals surface area contributed by atoms with E-state index in [0.717, 1.165) is 42.8 Å². The minimum Gasteiger partial charge on any atom is -0.360 e. The summed E-state index contributed by atoms with van der Waals surface area (Å²) in [6.07, 6.45) is 4.71. The molecule has 3 rings (SSSR count). The van der Waals surface area contributed by atoms with Crippen molar-refractivity contribution in [3.05, 3.63) is 35.0 Å². The molecule has 130 valence electrons. The maximum Gasteiger partial charge on any atom is 0.274 e. The highest BCUT2D eigenvalue weighted by molar-refractivity contribution is 5.93. The van der Waals surface area contributed by atoms with Gasteiger partial charge in [0.15, 0.2) is 5.69 Å². The summed E-state index contributed by atoms with van der Waals surface area (Å²) in [5.74, 6) is 1.23. The molecular formula is C18H26N4O2. The predicted molar refractivity (Wildman–Crippen MR) is 90.5 cm³/mol. The number of rotatable bonds is 4. The van der Waals surface area contributed by atoms with Crippen molar-refractivity contribution in [3.63, 3.8) is 0 Å². The van der Waals surface area contributed by atoms with Crippen molar-refractivity contribution >= 4 is 5.91 Å². The fourth-order valence-corrected chi connectivity index (χ4v) is 3.25. The molecule has 6 heteroatoms. The molecule has 1 atom stereocenters. The lowest BCUT2D eigenvalue weighted by Crippen LogP contribution is -2.29. The Morgan fingerprint density at radius 1 is 1.46 bits per heavy atom. The van der Waals surface area contributed by atoms with E-state index in [1.807, 2.05) is 23.9 Å². The molecule has 2 aromatic rings. The summed E-state index contributed by atoms with van der Waals surface area (Å²) >= 11 is 0. The van der Waals surface area contributed by atoms with E-state index in [-0.39, 0.29) is 11.3 Å². The van der Waals surface area contributed by atoms with Crippen LogP contribution in [-0.2, 0) is 25.9 Å². The largest absolute Gasteiger partial charge is 0.360 e. The number of aryl methyl sites for hydroxylation is 2. The average Bonchev–Trinajstić information content (AvgIpc) is 3.17. The molecule has 0 fully saturated rings. The molecular weight excluding hydrogens is 304 g/mol. The second-order valence-corrected chi connectivity index (χ2v) is 7.58. The van der Waals surface area contributed by atoms with Crippen LogP contribution in [0.2, 0.25) is 0 Å². The quantitative estimate of drug-likeness (QED) is 0.935. The number of hydrogen-bond acceptors (Lipinski definition) is 4. The van der Waals surface area contributed by atoms with Crippen molar-refractivity contribution in [2.24, 2.45) is 11.3 Å². The zero-order valence-corrected chi connectivity index (χ0v) is 14.9. The fourth-order valence-electron chi connectivity index (χ4n) is 3.25. The average molecular weight is 330 g/mol. The summed E-state index contributed by atoms with van der Waals surface area (Å²) in [6.45, 7) is 10.00. The van der Waals surface area contributed by atoms with Crippen LogP contribution >= 0.6 is 0 Å². The van der Waals surface area contributed by atoms with Gasteiger partial charge in [-0.05, 0) is 37.2 Å². The first kappa shape index (κ1) is 16.7. The monoisotopic (exact) mass is 330 g/mol. The number of amides is 1. The third kappa shape index (κ3) is 3.37. The van der Waals surface area contributed by atoms with Crippen molar-refractivity contribution in [1.29, 1.82) is 0 Å². The number of hydrogen-bond donors (Lipinski definition) is 1. The number of nitrogens with one attached hydrogen (secondary N) is 1. The molecule has 0 spiro atoms. The van der Waals surface area contributed by atoms with Gasteiger partial charge in [0.2, 0.25) is 0 Å². The second kappa shape index (κ2) is 6.42. The smallest absolute Gasteiger partial charge is 0.274 e. The summed E-state index contributed by atoms with van der Waals surface area (Å²) in [4.78, 5) is 12.5. The molecule has 0 radical (unpaired) electrons. The van der Waals surface area contributed by atoms with E-state index in [1.54, 1.807) is 0 Å². The lowest BCUT2D eigenvalue weighted by Gasteiger charge is -2.33. The topological polar surface area (TPSA) is 73.0 Å². The van der Waals surface area contributed by atoms with E-state index < -0.39 is 0 Å². The first-order valence-corrected chi connectivity index (χ1v) is 8.66. The van der Waals surface area contributed by atoms with Gasteiger partial charge >= 0.3 is 0 Å². The fraction of sp³-hybridized carbons (Fsp3) is 0.611. The van der Waals surface area contributed by atoms with Crippen LogP contribution in [0.15, 0.2) is 16.8 Å². The standard InChI is InChI=1S/C18H26N4O2/c1-5-22-9-8-13(20-22)11-19-17(23)16-14-10-12(18(2,3)4)6-7-15(14)24-21-16/h8-9,12H,5-7,10-11H2,1-4H3,(H,19,23). The van der Waals surface area contributed by atoms with Gasteiger partial charge in [0.1, 0.15) is 5.76 Å². The lowest BCUT2D eigenvalue weighted by atomic mass is 9.71. The van der Waals surface area contributed by atoms with Crippen molar-refractivity contribution < 1.29 is 9.32 Å². The van der Waals surface area contributed by atoms with Crippen LogP contribution in [0.25, 0.3) is 0 Å². The molecule has 2 aromatic heterocycles. The van der Waals surface area contributed by atoms with Gasteiger partial charge in [0.05, 0.1) is 12.2 Å². The van der Waals surface area contributed by atoms with Gasteiger partial charge < -0.3 is 9.84 Å². The Labute approximate surface area is 142 Å². The van der Waals surface area contributed by atoms with E-state index >= 15 is 0 Å². The zero-order valence-electron chi connectivity index (χ0n) is 14.9. The second-order valence-electron chi connectivity index (χ2n) is 7.58. The Morgan fingerprint density at radius 2 is 2.25 bits per heavy atom. The Balaban J connectivity index is 1.69. The van der Waals surface area contributed by atoms with Gasteiger partial charge in [-0.2, -0.15) is 5.10 Å². The lowest BCUT2D eigenvalue weighted by molar-refractivity contribution is 0.0940. The Hall–Kier alpha value is -2.11. The van der Waals surface area contributed by atoms with E-state index in [4.69, 9.17) is 4.52 Å². The van der Waals surface area contributed by atoms with Crippen LogP contribution in [-0.4, -0.2) is 20.8 Å². The van der Waals surface area contributed by atoms with E-state index in [9.17, 15) is 4.79 Å². The van der Waals surface area contributed by atoms with Crippen LogP contribution in [0.3, 0.4) is 0 Å². The first-order chi connectivity index (χ1) is 11.4. The summed E-state index contributed by atoms with van der Waals surface area (Å²) in [5, 5.41) is 11.3. The molecule has 0 bridgehead atoms. The Kier molecular flexibility index (Phi) is 4.47. The van der Waals surface area contributed by atoms with Gasteiger partial charge in [-0.15, -0.1) is 0 Å². The molecule has 1 N–H and O–H groups in total. The van der Waals surface area contributed by atoms with E-state index in [2.05, 4.69) is 36.3 Å². The van der Waals surface area contributed by atoms with Crippen LogP contribution in [0.1, 0.15) is 61.6 Å². The van der Waals surface area contributed by atoms with Gasteiger partial charge in [0.25, 0.3) is 5.91 Å². The van der Waals surface area contributed by atoms with Crippen LogP contribution in [0.5, 0.6) is 0 Å². The maximum atomic E-state index is 12.5. The summed E-state index contributed by atoms with van der Waals surface area (Å²) in [6, 6.07) is 1.91. The molecule has 0 saturated heterocycles. The van der Waals surface area contributed by atoms with Crippen LogP contribution in [0, 0.1) is 11.3 Å². The molecule has 0 saturated carbocycles. The zero-order chi connectivity index (χ0) is 17.3. The molecule has 1 amide bonds. The SMILES string of the molecule is CCn1ccc(CNC(=O)c2noc3c2CC(C(C)(C)C)CC3)n1. The summed E-state index contributed by atoms with van der Waals surface area (Å²) in [5.41, 5.74) is 2.48. The van der Waals surface area contributed by atoms with Crippen molar-refractivity contribution in [2.45, 2.75) is 60.0 Å². The molecule has 0 aliphatic heterocycles. The first-order valence-electron chi connectivity index (χ1n) is 8.66. The number of carbonyl (C=O) groups excluding carboxylic acids is 1. The predicted octanol–water partition coefficient (Wildman–Crippen LogP) is 2.97. The number of aromatic nitrogens is 3. The molecule has 1 unspecified atom stereocenters. The van der Waals surface area contributed by atoms with Crippen molar-refractivity contribution in [1.82, 2.24) is 20.3 Å². The summed E-state index contributed by atoms with van der Waals surface area (Å²) < 4.78 is 7.25. The Morgan fingerprint density at radius 3 is 2.92 bits per heavy atom. The van der Waals surface area contributed by atoms with Crippen molar-refractivity contribution in [2.75, 3.05) is 0 Å². The Bertz CT molecular complexity index is 724. The molecule has 1 aliphatic carbocycles. The van der Waals surface area contributed by atoms with Crippen LogP contribution < -0.4 is 5.32 Å². The van der Waals surface area contributed by atoms with E-state index in [0.29, 0.717) is 18.2 Å². The van der Waals surface area contributed by atoms with Crippen LogP contribution in [0.4, 0.5) is 0 Å². The highest BCUT2D eigenvalue weighted by Gasteiger charge is 2.34. The normalized spacial score (nSPS) is 17.6. The third-order valence-corrected chi connectivity index (χ3v) is 4.93. The molecule has 0 aromatic carbocycles. The van der Waals surface area contributed by atoms with Gasteiger partial charge in [-0.25, -0.2) is 0 Å². The highest BCUT2D eigenvalue weighted by atomic mass is 16.5. The minimum atomic E-state index is -0.180. The molecule has 2 heterocycles. The number of nitrogens with zero attached hydrogens (tertiary/aromatic N) is 3. The van der Waals surface area contributed by atoms with Gasteiger partial charge in [-0.1, -0.05) is 25.9 Å². The maximum absolute atomic E-state index is 12.5. The number of carbonyl (C=O) groups is 1. The van der Waals surface area contributed by atoms with Crippen molar-refractivity contribution in [3.8, 4) is 0 Å². The molecule has 24 heavy (non-hydrogen) atoms. The highest BCUT2D eigenvalue weighted by Crippen LogP contribution is 2.38. The van der Waals surface area contributed by atoms with Gasteiger partial charge in [-0.3, -0.25) is 9.48 Å². The number of fused-ring (bicyclic) bond motifs is 1. The third-order valence-electron chi connectivity index (χ3n) is 4.93. The van der Waals surface area contributed by atoms with E-state index in [1.165, 1.54) is 0 Å². The molecule has 1 aliphatic rings. The van der Waals surface area contributed by atoms with Gasteiger partial charge in [0, 0.05) is 24.7 Å². The summed E-state index contributed by atoms with van der Waals surface area (Å²) in [7, 11) is 0.